The summed E-state index contributed by atoms with van der Waals surface area (Å²) in [5.74, 6) is -0.166. The summed E-state index contributed by atoms with van der Waals surface area (Å²) in [7, 11) is 0. The molecule has 0 radical (unpaired) electrons. The third-order valence-corrected chi connectivity index (χ3v) is 5.06. The van der Waals surface area contributed by atoms with Crippen molar-refractivity contribution in [2.45, 2.75) is 31.2 Å². The summed E-state index contributed by atoms with van der Waals surface area (Å²) in [6.45, 7) is 5.80. The molecule has 0 saturated heterocycles. The Labute approximate surface area is 161 Å². The van der Waals surface area contributed by atoms with Gasteiger partial charge in [0.2, 0.25) is 11.1 Å². The smallest absolute Gasteiger partial charge is 0.237 e. The molecule has 0 aliphatic carbocycles. The van der Waals surface area contributed by atoms with E-state index in [1.165, 1.54) is 11.8 Å². The number of para-hydroxylation sites is 1. The Hall–Kier alpha value is -3.18. The molecule has 136 valence electrons. The first kappa shape index (κ1) is 18.6. The molecular weight excluding hydrogens is 360 g/mol. The number of nitrogens with zero attached hydrogens (tertiary/aromatic N) is 5. The van der Waals surface area contributed by atoms with Gasteiger partial charge in [-0.15, -0.1) is 5.10 Å². The average molecular weight is 378 g/mol. The zero-order chi connectivity index (χ0) is 19.4. The predicted molar refractivity (Wildman–Crippen MR) is 104 cm³/mol. The number of nitriles is 1. The van der Waals surface area contributed by atoms with E-state index in [0.717, 1.165) is 16.8 Å². The van der Waals surface area contributed by atoms with E-state index >= 15 is 0 Å². The second-order valence-corrected chi connectivity index (χ2v) is 7.36. The number of carbonyl (C=O) groups excluding carboxylic acids is 1. The van der Waals surface area contributed by atoms with Crippen LogP contribution in [0.1, 0.15) is 23.6 Å². The molecule has 0 aliphatic rings. The van der Waals surface area contributed by atoms with Crippen molar-refractivity contribution < 1.29 is 4.79 Å². The van der Waals surface area contributed by atoms with Gasteiger partial charge in [0.25, 0.3) is 0 Å². The molecular formula is C19H18N6OS. The number of aryl methyl sites for hydroxylation is 2. The summed E-state index contributed by atoms with van der Waals surface area (Å²) in [4.78, 5) is 12.5. The highest BCUT2D eigenvalue weighted by Gasteiger charge is 2.20. The molecule has 0 saturated carbocycles. The van der Waals surface area contributed by atoms with Crippen molar-refractivity contribution in [2.24, 2.45) is 0 Å². The number of carbonyl (C=O) groups is 1. The number of amides is 1. The Morgan fingerprint density at radius 3 is 2.48 bits per heavy atom. The first-order chi connectivity index (χ1) is 13.0. The zero-order valence-electron chi connectivity index (χ0n) is 15.2. The fraction of sp³-hybridized carbons (Fsp3) is 0.211. The topological polar surface area (TPSA) is 96.5 Å². The summed E-state index contributed by atoms with van der Waals surface area (Å²) in [6, 6.07) is 14.8. The van der Waals surface area contributed by atoms with E-state index in [2.05, 4.69) is 20.8 Å². The standard InChI is InChI=1S/C19H18N6OS/c1-12-5-4-6-13(2)17(12)25-19(22-23-24-25)27-14(3)18(26)21-16-9-7-15(11-20)8-10-16/h4-10,14H,1-3H3,(H,21,26)/t14-/m1/s1. The molecule has 7 nitrogen and oxygen atoms in total. The number of anilines is 1. The van der Waals surface area contributed by atoms with E-state index in [1.54, 1.807) is 35.9 Å². The van der Waals surface area contributed by atoms with Gasteiger partial charge in [-0.3, -0.25) is 4.79 Å². The normalized spacial score (nSPS) is 11.6. The van der Waals surface area contributed by atoms with Gasteiger partial charge in [0.15, 0.2) is 0 Å². The molecule has 3 rings (SSSR count). The van der Waals surface area contributed by atoms with Crippen LogP contribution in [0.4, 0.5) is 5.69 Å². The zero-order valence-corrected chi connectivity index (χ0v) is 16.0. The summed E-state index contributed by atoms with van der Waals surface area (Å²) >= 11 is 1.29. The van der Waals surface area contributed by atoms with Crippen LogP contribution in [0, 0.1) is 25.2 Å². The summed E-state index contributed by atoms with van der Waals surface area (Å²) in [5.41, 5.74) is 4.21. The number of tetrazole rings is 1. The van der Waals surface area contributed by atoms with Gasteiger partial charge >= 0.3 is 0 Å². The third kappa shape index (κ3) is 4.15. The molecule has 27 heavy (non-hydrogen) atoms. The number of benzene rings is 2. The highest BCUT2D eigenvalue weighted by Crippen LogP contribution is 2.26. The van der Waals surface area contributed by atoms with E-state index in [4.69, 9.17) is 5.26 Å². The van der Waals surface area contributed by atoms with E-state index < -0.39 is 5.25 Å². The lowest BCUT2D eigenvalue weighted by molar-refractivity contribution is -0.115. The van der Waals surface area contributed by atoms with Crippen LogP contribution in [-0.4, -0.2) is 31.4 Å². The van der Waals surface area contributed by atoms with Crippen LogP contribution in [0.2, 0.25) is 0 Å². The van der Waals surface area contributed by atoms with Gasteiger partial charge in [0.1, 0.15) is 0 Å². The lowest BCUT2D eigenvalue weighted by atomic mass is 10.1. The van der Waals surface area contributed by atoms with Gasteiger partial charge in [-0.25, -0.2) is 0 Å². The average Bonchev–Trinajstić information content (AvgIpc) is 3.10. The van der Waals surface area contributed by atoms with E-state index in [0.29, 0.717) is 16.4 Å². The molecule has 0 fully saturated rings. The van der Waals surface area contributed by atoms with Crippen LogP contribution in [0.3, 0.4) is 0 Å². The molecule has 8 heteroatoms. The predicted octanol–water partition coefficient (Wildman–Crippen LogP) is 3.27. The highest BCUT2D eigenvalue weighted by atomic mass is 32.2. The summed E-state index contributed by atoms with van der Waals surface area (Å²) < 4.78 is 1.67. The molecule has 1 amide bonds. The fourth-order valence-corrected chi connectivity index (χ4v) is 3.41. The lowest BCUT2D eigenvalue weighted by Crippen LogP contribution is -2.23. The second kappa shape index (κ2) is 8.01. The van der Waals surface area contributed by atoms with Gasteiger partial charge < -0.3 is 5.32 Å². The van der Waals surface area contributed by atoms with Crippen LogP contribution in [-0.2, 0) is 4.79 Å². The van der Waals surface area contributed by atoms with Crippen LogP contribution >= 0.6 is 11.8 Å². The Balaban J connectivity index is 1.75. The number of aromatic nitrogens is 4. The number of nitrogens with one attached hydrogen (secondary N) is 1. The minimum Gasteiger partial charge on any atom is -0.325 e. The first-order valence-electron chi connectivity index (χ1n) is 8.32. The largest absolute Gasteiger partial charge is 0.325 e. The maximum Gasteiger partial charge on any atom is 0.237 e. The van der Waals surface area contributed by atoms with Crippen LogP contribution in [0.25, 0.3) is 5.69 Å². The van der Waals surface area contributed by atoms with E-state index in [1.807, 2.05) is 38.1 Å². The van der Waals surface area contributed by atoms with E-state index in [-0.39, 0.29) is 5.91 Å². The van der Waals surface area contributed by atoms with Crippen molar-refractivity contribution in [3.8, 4) is 11.8 Å². The number of rotatable bonds is 5. The third-order valence-electron chi connectivity index (χ3n) is 4.03. The molecule has 1 aromatic heterocycles. The fourth-order valence-electron chi connectivity index (χ4n) is 2.62. The first-order valence-corrected chi connectivity index (χ1v) is 9.20. The quantitative estimate of drug-likeness (QED) is 0.685. The van der Waals surface area contributed by atoms with E-state index in [9.17, 15) is 4.79 Å². The maximum absolute atomic E-state index is 12.5. The summed E-state index contributed by atoms with van der Waals surface area (Å²) in [5, 5.41) is 23.8. The van der Waals surface area contributed by atoms with Crippen LogP contribution in [0.15, 0.2) is 47.6 Å². The van der Waals surface area contributed by atoms with Crippen molar-refractivity contribution >= 4 is 23.4 Å². The molecule has 1 atom stereocenters. The Morgan fingerprint density at radius 2 is 1.85 bits per heavy atom. The Morgan fingerprint density at radius 1 is 1.19 bits per heavy atom. The van der Waals surface area contributed by atoms with Crippen molar-refractivity contribution in [3.63, 3.8) is 0 Å². The Kier molecular flexibility index (Phi) is 5.52. The van der Waals surface area contributed by atoms with Crippen LogP contribution in [0.5, 0.6) is 0 Å². The number of hydrogen-bond acceptors (Lipinski definition) is 6. The molecule has 0 spiro atoms. The minimum absolute atomic E-state index is 0.166. The molecule has 0 bridgehead atoms. The maximum atomic E-state index is 12.5. The summed E-state index contributed by atoms with van der Waals surface area (Å²) in [6.07, 6.45) is 0. The van der Waals surface area contributed by atoms with Gasteiger partial charge in [-0.1, -0.05) is 30.0 Å². The van der Waals surface area contributed by atoms with Crippen molar-refractivity contribution in [2.75, 3.05) is 5.32 Å². The Bertz CT molecular complexity index is 986. The SMILES string of the molecule is Cc1cccc(C)c1-n1nnnc1S[C@H](C)C(=O)Nc1ccc(C#N)cc1. The molecule has 1 heterocycles. The number of hydrogen-bond donors (Lipinski definition) is 1. The molecule has 2 aromatic carbocycles. The second-order valence-electron chi connectivity index (χ2n) is 6.05. The molecule has 0 unspecified atom stereocenters. The minimum atomic E-state index is -0.408. The van der Waals surface area contributed by atoms with Gasteiger partial charge in [-0.05, 0) is 66.6 Å². The van der Waals surface area contributed by atoms with Gasteiger partial charge in [0, 0.05) is 5.69 Å². The van der Waals surface area contributed by atoms with Crippen molar-refractivity contribution in [1.29, 1.82) is 5.26 Å². The molecule has 0 aliphatic heterocycles. The highest BCUT2D eigenvalue weighted by molar-refractivity contribution is 8.00. The van der Waals surface area contributed by atoms with Crippen molar-refractivity contribution in [1.82, 2.24) is 20.2 Å². The monoisotopic (exact) mass is 378 g/mol. The van der Waals surface area contributed by atoms with Crippen LogP contribution < -0.4 is 5.32 Å². The lowest BCUT2D eigenvalue weighted by Gasteiger charge is -2.13. The van der Waals surface area contributed by atoms with Crippen molar-refractivity contribution in [3.05, 3.63) is 59.2 Å². The molecule has 3 aromatic rings. The molecule has 1 N–H and O–H groups in total. The van der Waals surface area contributed by atoms with Gasteiger partial charge in [-0.2, -0.15) is 9.94 Å². The number of thioether (sulfide) groups is 1. The van der Waals surface area contributed by atoms with Gasteiger partial charge in [0.05, 0.1) is 22.6 Å².